The fraction of sp³-hybridized carbons (Fsp3) is 0.950. The average molecular weight is 1450 g/mol. The molecule has 5 atom stereocenters. The van der Waals surface area contributed by atoms with Crippen molar-refractivity contribution < 1.29 is 80.2 Å². The first kappa shape index (κ1) is 97.1. The molecule has 99 heavy (non-hydrogen) atoms. The maximum Gasteiger partial charge on any atom is 0.472 e. The lowest BCUT2D eigenvalue weighted by Crippen LogP contribution is -2.30. The molecule has 0 spiro atoms. The van der Waals surface area contributed by atoms with Crippen molar-refractivity contribution in [3.63, 3.8) is 0 Å². The number of hydrogen-bond donors (Lipinski definition) is 3. The zero-order chi connectivity index (χ0) is 72.8. The van der Waals surface area contributed by atoms with Crippen molar-refractivity contribution in [1.82, 2.24) is 0 Å². The molecule has 0 bridgehead atoms. The van der Waals surface area contributed by atoms with Gasteiger partial charge in [-0.3, -0.25) is 37.3 Å². The number of rotatable bonds is 79. The van der Waals surface area contributed by atoms with Gasteiger partial charge in [-0.1, -0.05) is 369 Å². The summed E-state index contributed by atoms with van der Waals surface area (Å²) in [7, 11) is -9.92. The number of carbonyl (C=O) groups is 4. The Hall–Kier alpha value is -1.94. The molecule has 0 aliphatic carbocycles. The fourth-order valence-corrected chi connectivity index (χ4v) is 13.9. The van der Waals surface area contributed by atoms with Crippen LogP contribution in [-0.2, 0) is 65.4 Å². The van der Waals surface area contributed by atoms with Gasteiger partial charge in [0.05, 0.1) is 26.4 Å². The van der Waals surface area contributed by atoms with Gasteiger partial charge in [-0.25, -0.2) is 9.13 Å². The van der Waals surface area contributed by atoms with Crippen molar-refractivity contribution in [2.45, 2.75) is 439 Å². The van der Waals surface area contributed by atoms with Gasteiger partial charge >= 0.3 is 39.5 Å². The molecule has 0 saturated carbocycles. The summed E-state index contributed by atoms with van der Waals surface area (Å²) in [5.74, 6) is -0.650. The van der Waals surface area contributed by atoms with Gasteiger partial charge in [-0.2, -0.15) is 0 Å². The van der Waals surface area contributed by atoms with E-state index in [1.54, 1.807) is 0 Å². The van der Waals surface area contributed by atoms with E-state index >= 15 is 0 Å². The van der Waals surface area contributed by atoms with Crippen molar-refractivity contribution in [3.05, 3.63) is 0 Å². The Labute approximate surface area is 607 Å². The Bertz CT molecular complexity index is 1910. The average Bonchev–Trinajstić information content (AvgIpc) is 0.968. The van der Waals surface area contributed by atoms with E-state index in [0.29, 0.717) is 25.7 Å². The molecule has 2 unspecified atom stereocenters. The zero-order valence-electron chi connectivity index (χ0n) is 64.8. The fourth-order valence-electron chi connectivity index (χ4n) is 12.4. The Morgan fingerprint density at radius 2 is 0.465 bits per heavy atom. The van der Waals surface area contributed by atoms with E-state index in [1.165, 1.54) is 238 Å². The Kier molecular flexibility index (Phi) is 70.3. The Balaban J connectivity index is 5.20. The summed E-state index contributed by atoms with van der Waals surface area (Å²) in [4.78, 5) is 72.9. The smallest absolute Gasteiger partial charge is 0.462 e. The molecule has 0 radical (unpaired) electrons. The molecule has 3 N–H and O–H groups in total. The van der Waals surface area contributed by atoms with Crippen LogP contribution in [-0.4, -0.2) is 96.7 Å². The van der Waals surface area contributed by atoms with Gasteiger partial charge in [-0.05, 0) is 37.5 Å². The molecular weight excluding hydrogens is 1290 g/mol. The first-order valence-corrected chi connectivity index (χ1v) is 44.5. The quantitative estimate of drug-likeness (QED) is 0.0222. The summed E-state index contributed by atoms with van der Waals surface area (Å²) in [6.07, 6.45) is 61.2. The summed E-state index contributed by atoms with van der Waals surface area (Å²) in [6.45, 7) is 9.56. The van der Waals surface area contributed by atoms with Gasteiger partial charge in [0.25, 0.3) is 0 Å². The van der Waals surface area contributed by atoms with E-state index in [2.05, 4.69) is 41.5 Å². The van der Waals surface area contributed by atoms with Crippen molar-refractivity contribution in [1.29, 1.82) is 0 Å². The molecule has 0 aromatic rings. The highest BCUT2D eigenvalue weighted by molar-refractivity contribution is 7.47. The number of carbonyl (C=O) groups excluding carboxylic acids is 4. The third-order valence-corrected chi connectivity index (χ3v) is 20.6. The minimum absolute atomic E-state index is 0.105. The molecule has 0 aromatic carbocycles. The minimum Gasteiger partial charge on any atom is -0.462 e. The summed E-state index contributed by atoms with van der Waals surface area (Å²) in [5.41, 5.74) is 0. The molecule has 17 nitrogen and oxygen atoms in total. The SMILES string of the molecule is CCCCCCCCCCCCCCCCCCCCCCCCC(=O)O[C@H](COC(=O)CCCCCCCCCCCCCCCC)COP(=O)(O)OC[C@@H](O)COP(=O)(O)OC[C@@H](COC(=O)CCCCCCCCCCC(C)C)OC(=O)CCCCCCCCCCCC(C)C. The molecular formula is C80H156O17P2. The molecule has 0 aliphatic rings. The number of aliphatic hydroxyl groups excluding tert-OH is 1. The number of aliphatic hydroxyl groups is 1. The van der Waals surface area contributed by atoms with E-state index in [1.807, 2.05) is 0 Å². The van der Waals surface area contributed by atoms with Crippen LogP contribution in [0.3, 0.4) is 0 Å². The molecule has 0 amide bonds. The van der Waals surface area contributed by atoms with E-state index < -0.39 is 97.5 Å². The van der Waals surface area contributed by atoms with Crippen molar-refractivity contribution in [2.24, 2.45) is 11.8 Å². The predicted octanol–water partition coefficient (Wildman–Crippen LogP) is 23.9. The molecule has 588 valence electrons. The molecule has 0 fully saturated rings. The van der Waals surface area contributed by atoms with Crippen LogP contribution in [0, 0.1) is 11.8 Å². The van der Waals surface area contributed by atoms with E-state index in [9.17, 15) is 43.2 Å². The van der Waals surface area contributed by atoms with Crippen LogP contribution in [0.25, 0.3) is 0 Å². The van der Waals surface area contributed by atoms with Crippen LogP contribution in [0.2, 0.25) is 0 Å². The van der Waals surface area contributed by atoms with Gasteiger partial charge in [-0.15, -0.1) is 0 Å². The number of phosphoric ester groups is 2. The number of hydrogen-bond acceptors (Lipinski definition) is 15. The van der Waals surface area contributed by atoms with Crippen LogP contribution in [0.1, 0.15) is 420 Å². The van der Waals surface area contributed by atoms with Crippen LogP contribution in [0.15, 0.2) is 0 Å². The number of phosphoric acid groups is 2. The first-order valence-electron chi connectivity index (χ1n) is 41.5. The van der Waals surface area contributed by atoms with Crippen LogP contribution < -0.4 is 0 Å². The summed E-state index contributed by atoms with van der Waals surface area (Å²) >= 11 is 0. The van der Waals surface area contributed by atoms with Crippen LogP contribution >= 0.6 is 15.6 Å². The van der Waals surface area contributed by atoms with Gasteiger partial charge < -0.3 is 33.8 Å². The first-order chi connectivity index (χ1) is 47.9. The maximum atomic E-state index is 13.1. The lowest BCUT2D eigenvalue weighted by atomic mass is 10.0. The third-order valence-electron chi connectivity index (χ3n) is 18.7. The van der Waals surface area contributed by atoms with Crippen LogP contribution in [0.4, 0.5) is 0 Å². The van der Waals surface area contributed by atoms with Crippen LogP contribution in [0.5, 0.6) is 0 Å². The summed E-state index contributed by atoms with van der Waals surface area (Å²) in [5, 5.41) is 10.6. The standard InChI is InChI=1S/C80H156O17P2/c1-7-9-11-13-15-17-19-21-23-24-25-26-27-28-29-30-32-34-38-46-52-58-64-79(84)96-75(68-90-77(82)62-56-50-44-37-33-31-22-20-18-16-14-12-10-8-2)70-94-98(86,87)92-66-74(81)67-93-99(88,89)95-71-76(69-91-78(83)63-57-51-45-41-40-43-49-55-61-73(5)6)97-80(85)65-59-53-47-39-35-36-42-48-54-60-72(3)4/h72-76,81H,7-71H2,1-6H3,(H,86,87)(H,88,89)/t74-,75-,76-/m1/s1. The zero-order valence-corrected chi connectivity index (χ0v) is 66.6. The monoisotopic (exact) mass is 1450 g/mol. The van der Waals surface area contributed by atoms with Gasteiger partial charge in [0.2, 0.25) is 0 Å². The van der Waals surface area contributed by atoms with E-state index in [-0.39, 0.29) is 25.7 Å². The molecule has 0 aromatic heterocycles. The second kappa shape index (κ2) is 71.7. The lowest BCUT2D eigenvalue weighted by molar-refractivity contribution is -0.161. The molecule has 19 heteroatoms. The van der Waals surface area contributed by atoms with Crippen molar-refractivity contribution in [3.8, 4) is 0 Å². The van der Waals surface area contributed by atoms with Gasteiger partial charge in [0.1, 0.15) is 19.3 Å². The number of esters is 4. The third kappa shape index (κ3) is 74.1. The second-order valence-corrected chi connectivity index (χ2v) is 32.7. The van der Waals surface area contributed by atoms with E-state index in [4.69, 9.17) is 37.0 Å². The topological polar surface area (TPSA) is 237 Å². The summed E-state index contributed by atoms with van der Waals surface area (Å²) < 4.78 is 68.6. The van der Waals surface area contributed by atoms with Crippen molar-refractivity contribution in [2.75, 3.05) is 39.6 Å². The summed E-state index contributed by atoms with van der Waals surface area (Å²) in [6, 6.07) is 0. The molecule has 0 rings (SSSR count). The largest absolute Gasteiger partial charge is 0.472 e. The minimum atomic E-state index is -4.96. The van der Waals surface area contributed by atoms with Gasteiger partial charge in [0, 0.05) is 25.7 Å². The number of unbranched alkanes of at least 4 members (excludes halogenated alkanes) is 49. The highest BCUT2D eigenvalue weighted by atomic mass is 31.2. The molecule has 0 heterocycles. The Morgan fingerprint density at radius 3 is 0.687 bits per heavy atom. The van der Waals surface area contributed by atoms with Gasteiger partial charge in [0.15, 0.2) is 12.2 Å². The Morgan fingerprint density at radius 1 is 0.273 bits per heavy atom. The van der Waals surface area contributed by atoms with E-state index in [0.717, 1.165) is 102 Å². The highest BCUT2D eigenvalue weighted by Crippen LogP contribution is 2.45. The lowest BCUT2D eigenvalue weighted by Gasteiger charge is -2.21. The maximum absolute atomic E-state index is 13.1. The second-order valence-electron chi connectivity index (χ2n) is 29.8. The normalized spacial score (nSPS) is 13.9. The number of ether oxygens (including phenoxy) is 4. The molecule has 0 saturated heterocycles. The van der Waals surface area contributed by atoms with Crippen molar-refractivity contribution >= 4 is 39.5 Å². The molecule has 0 aliphatic heterocycles. The highest BCUT2D eigenvalue weighted by Gasteiger charge is 2.30. The predicted molar refractivity (Wildman–Crippen MR) is 405 cm³/mol.